The van der Waals surface area contributed by atoms with Crippen LogP contribution < -0.4 is 10.5 Å². The van der Waals surface area contributed by atoms with Gasteiger partial charge >= 0.3 is 0 Å². The van der Waals surface area contributed by atoms with Gasteiger partial charge in [0.2, 0.25) is 10.0 Å². The summed E-state index contributed by atoms with van der Waals surface area (Å²) in [7, 11) is -8.14. The average Bonchev–Trinajstić information content (AvgIpc) is 2.72. The smallest absolute Gasteiger partial charge is 0.252 e. The molecule has 0 heterocycles. The summed E-state index contributed by atoms with van der Waals surface area (Å²) in [5, 5.41) is 6.88. The number of halogens is 1. The summed E-state index contributed by atoms with van der Waals surface area (Å²) < 4.78 is 50.3. The quantitative estimate of drug-likeness (QED) is 0.671. The van der Waals surface area contributed by atoms with Crippen LogP contribution in [0.4, 0.5) is 0 Å². The molecule has 0 bridgehead atoms. The van der Waals surface area contributed by atoms with E-state index >= 15 is 0 Å². The maximum Gasteiger partial charge on any atom is 0.252 e. The molecular formula is C20H23ClN2O5S2. The van der Waals surface area contributed by atoms with E-state index in [1.54, 1.807) is 12.1 Å². The summed E-state index contributed by atoms with van der Waals surface area (Å²) in [5.41, 5.74) is 0.535. The highest BCUT2D eigenvalue weighted by Gasteiger charge is 2.34. The molecule has 2 aromatic rings. The van der Waals surface area contributed by atoms with Crippen LogP contribution in [-0.4, -0.2) is 28.0 Å². The summed E-state index contributed by atoms with van der Waals surface area (Å²) in [4.78, 5) is 12.1. The number of sulfonamides is 1. The zero-order valence-electron chi connectivity index (χ0n) is 16.2. The number of nitrogens with one attached hydrogen (secondary N) is 1. The Morgan fingerprint density at radius 3 is 2.23 bits per heavy atom. The number of amides is 1. The van der Waals surface area contributed by atoms with Gasteiger partial charge in [-0.25, -0.2) is 22.0 Å². The molecule has 0 aromatic heterocycles. The third-order valence-corrected chi connectivity index (χ3v) is 8.85. The van der Waals surface area contributed by atoms with E-state index < -0.39 is 35.9 Å². The van der Waals surface area contributed by atoms with Crippen molar-refractivity contribution in [1.82, 2.24) is 5.32 Å². The molecule has 1 amide bonds. The molecule has 2 aromatic carbocycles. The minimum Gasteiger partial charge on any atom is -0.348 e. The fraction of sp³-hybridized carbons (Fsp3) is 0.350. The molecule has 162 valence electrons. The monoisotopic (exact) mass is 470 g/mol. The molecular weight excluding hydrogens is 448 g/mol. The van der Waals surface area contributed by atoms with E-state index in [1.807, 2.05) is 18.2 Å². The first kappa shape index (κ1) is 22.7. The first-order chi connectivity index (χ1) is 14.1. The van der Waals surface area contributed by atoms with Crippen LogP contribution in [0.1, 0.15) is 48.0 Å². The van der Waals surface area contributed by atoms with E-state index in [2.05, 4.69) is 5.32 Å². The molecule has 0 saturated heterocycles. The van der Waals surface area contributed by atoms with Gasteiger partial charge in [0.05, 0.1) is 20.7 Å². The molecule has 0 aliphatic heterocycles. The highest BCUT2D eigenvalue weighted by atomic mass is 35.5. The van der Waals surface area contributed by atoms with Crippen LogP contribution in [0.15, 0.2) is 52.3 Å². The predicted molar refractivity (Wildman–Crippen MR) is 114 cm³/mol. The predicted octanol–water partition coefficient (Wildman–Crippen LogP) is 3.02. The van der Waals surface area contributed by atoms with E-state index in [-0.39, 0.29) is 22.0 Å². The molecule has 7 nitrogen and oxygen atoms in total. The van der Waals surface area contributed by atoms with Crippen molar-refractivity contribution in [2.24, 2.45) is 5.14 Å². The number of carbonyl (C=O) groups is 1. The van der Waals surface area contributed by atoms with Crippen LogP contribution in [0, 0.1) is 0 Å². The van der Waals surface area contributed by atoms with Crippen LogP contribution >= 0.6 is 11.6 Å². The molecule has 1 aliphatic rings. The molecule has 10 heteroatoms. The first-order valence-electron chi connectivity index (χ1n) is 9.53. The molecule has 0 spiro atoms. The van der Waals surface area contributed by atoms with Gasteiger partial charge in [0.1, 0.15) is 4.90 Å². The van der Waals surface area contributed by atoms with E-state index in [0.717, 1.165) is 37.0 Å². The zero-order valence-corrected chi connectivity index (χ0v) is 18.6. The van der Waals surface area contributed by atoms with Crippen molar-refractivity contribution in [3.63, 3.8) is 0 Å². The van der Waals surface area contributed by atoms with E-state index in [9.17, 15) is 21.6 Å². The van der Waals surface area contributed by atoms with Crippen LogP contribution in [0.25, 0.3) is 0 Å². The Bertz CT molecular complexity index is 1140. The summed E-state index contributed by atoms with van der Waals surface area (Å²) in [6.45, 7) is 0.149. The van der Waals surface area contributed by atoms with Gasteiger partial charge in [0.25, 0.3) is 5.91 Å². The fourth-order valence-electron chi connectivity index (χ4n) is 3.59. The first-order valence-corrected chi connectivity index (χ1v) is 13.0. The van der Waals surface area contributed by atoms with Crippen LogP contribution in [0.2, 0.25) is 5.02 Å². The zero-order chi connectivity index (χ0) is 21.9. The van der Waals surface area contributed by atoms with Crippen molar-refractivity contribution in [1.29, 1.82) is 0 Å². The van der Waals surface area contributed by atoms with Gasteiger partial charge in [-0.2, -0.15) is 0 Å². The van der Waals surface area contributed by atoms with Crippen molar-refractivity contribution in [2.75, 3.05) is 0 Å². The lowest BCUT2D eigenvalue weighted by Gasteiger charge is -2.23. The standard InChI is InChI=1S/C20H23ClN2O5S2/c21-17-12-18(29(25,26)15-9-5-2-6-10-15)16(11-19(17)30(22,27)28)20(24)23-13-14-7-3-1-4-8-14/h1,3-4,7-8,11-12,15H,2,5-6,9-10,13H2,(H,23,24)(H2,22,27,28). The van der Waals surface area contributed by atoms with Gasteiger partial charge in [-0.15, -0.1) is 0 Å². The second-order valence-electron chi connectivity index (χ2n) is 7.30. The van der Waals surface area contributed by atoms with Crippen LogP contribution in [0.3, 0.4) is 0 Å². The minimum atomic E-state index is -4.25. The second kappa shape index (κ2) is 9.05. The number of rotatable bonds is 6. The van der Waals surface area contributed by atoms with Crippen molar-refractivity contribution in [3.8, 4) is 0 Å². The minimum absolute atomic E-state index is 0.149. The average molecular weight is 471 g/mol. The van der Waals surface area contributed by atoms with Crippen LogP contribution in [-0.2, 0) is 26.4 Å². The lowest BCUT2D eigenvalue weighted by molar-refractivity contribution is 0.0947. The Balaban J connectivity index is 2.04. The molecule has 0 atom stereocenters. The highest BCUT2D eigenvalue weighted by molar-refractivity contribution is 7.92. The summed E-state index contributed by atoms with van der Waals surface area (Å²) in [6, 6.07) is 11.0. The molecule has 0 radical (unpaired) electrons. The highest BCUT2D eigenvalue weighted by Crippen LogP contribution is 2.34. The number of carbonyl (C=O) groups excluding carboxylic acids is 1. The summed E-state index contributed by atoms with van der Waals surface area (Å²) in [6.07, 6.45) is 3.50. The number of nitrogens with two attached hydrogens (primary N) is 1. The summed E-state index contributed by atoms with van der Waals surface area (Å²) in [5.74, 6) is -0.713. The van der Waals surface area contributed by atoms with Crippen molar-refractivity contribution < 1.29 is 21.6 Å². The van der Waals surface area contributed by atoms with Gasteiger partial charge < -0.3 is 5.32 Å². The van der Waals surface area contributed by atoms with Gasteiger partial charge in [-0.1, -0.05) is 61.2 Å². The molecule has 3 rings (SSSR count). The number of hydrogen-bond acceptors (Lipinski definition) is 5. The fourth-order valence-corrected chi connectivity index (χ4v) is 6.81. The Hall–Kier alpha value is -1.94. The molecule has 1 saturated carbocycles. The van der Waals surface area contributed by atoms with Gasteiger partial charge in [-0.05, 0) is 30.5 Å². The summed E-state index contributed by atoms with van der Waals surface area (Å²) >= 11 is 6.05. The van der Waals surface area contributed by atoms with Crippen LogP contribution in [0.5, 0.6) is 0 Å². The Morgan fingerprint density at radius 2 is 1.63 bits per heavy atom. The number of primary sulfonamides is 1. The van der Waals surface area contributed by atoms with Gasteiger partial charge in [0.15, 0.2) is 9.84 Å². The number of sulfone groups is 1. The topological polar surface area (TPSA) is 123 Å². The molecule has 30 heavy (non-hydrogen) atoms. The SMILES string of the molecule is NS(=O)(=O)c1cc(C(=O)NCc2ccccc2)c(S(=O)(=O)C2CCCCC2)cc1Cl. The van der Waals surface area contributed by atoms with Gasteiger partial charge in [-0.3, -0.25) is 4.79 Å². The van der Waals surface area contributed by atoms with E-state index in [1.165, 1.54) is 0 Å². The van der Waals surface area contributed by atoms with Crippen molar-refractivity contribution in [2.45, 2.75) is 53.7 Å². The molecule has 1 aliphatic carbocycles. The van der Waals surface area contributed by atoms with E-state index in [0.29, 0.717) is 12.8 Å². The Kier molecular flexibility index (Phi) is 6.86. The lowest BCUT2D eigenvalue weighted by Crippen LogP contribution is -2.29. The maximum absolute atomic E-state index is 13.3. The Labute approximate surface area is 181 Å². The third kappa shape index (κ3) is 5.03. The van der Waals surface area contributed by atoms with Crippen molar-refractivity contribution in [3.05, 3.63) is 58.6 Å². The number of hydrogen-bond donors (Lipinski definition) is 2. The molecule has 3 N–H and O–H groups in total. The van der Waals surface area contributed by atoms with Gasteiger partial charge in [0, 0.05) is 6.54 Å². The van der Waals surface area contributed by atoms with E-state index in [4.69, 9.17) is 16.7 Å². The second-order valence-corrected chi connectivity index (χ2v) is 11.4. The molecule has 1 fully saturated rings. The van der Waals surface area contributed by atoms with Crippen molar-refractivity contribution >= 4 is 37.4 Å². The lowest BCUT2D eigenvalue weighted by atomic mass is 10.0. The Morgan fingerprint density at radius 1 is 1.00 bits per heavy atom. The largest absolute Gasteiger partial charge is 0.348 e. The third-order valence-electron chi connectivity index (χ3n) is 5.18. The molecule has 0 unspecified atom stereocenters. The number of benzene rings is 2. The maximum atomic E-state index is 13.3. The normalized spacial score (nSPS) is 15.7.